The van der Waals surface area contributed by atoms with Gasteiger partial charge in [0.25, 0.3) is 0 Å². The summed E-state index contributed by atoms with van der Waals surface area (Å²) in [5.74, 6) is 0.933. The maximum atomic E-state index is 12.3. The molecule has 0 spiro atoms. The number of hydrogen-bond donors (Lipinski definition) is 2. The third-order valence-corrected chi connectivity index (χ3v) is 4.13. The Morgan fingerprint density at radius 2 is 2.12 bits per heavy atom. The number of urea groups is 1. The topological polar surface area (TPSA) is 99.7 Å². The van der Waals surface area contributed by atoms with Crippen LogP contribution in [0.1, 0.15) is 19.3 Å². The molecule has 1 aromatic heterocycles. The Balaban J connectivity index is 1.66. The number of amides is 3. The van der Waals surface area contributed by atoms with Gasteiger partial charge in [-0.2, -0.15) is 4.98 Å². The molecule has 130 valence electrons. The van der Waals surface area contributed by atoms with Gasteiger partial charge in [0.15, 0.2) is 5.82 Å². The van der Waals surface area contributed by atoms with Crippen molar-refractivity contribution in [3.05, 3.63) is 6.33 Å². The molecule has 2 fully saturated rings. The Labute approximate surface area is 140 Å². The van der Waals surface area contributed by atoms with E-state index in [0.717, 1.165) is 12.8 Å². The second kappa shape index (κ2) is 6.50. The minimum Gasteiger partial charge on any atom is -0.479 e. The number of nitrogens with zero attached hydrogens (tertiary/aromatic N) is 4. The summed E-state index contributed by atoms with van der Waals surface area (Å²) in [6.45, 7) is 0.569. The van der Waals surface area contributed by atoms with Crippen molar-refractivity contribution < 1.29 is 14.3 Å². The number of carbonyl (C=O) groups excluding carboxylic acids is 2. The molecular formula is C15H22N6O3. The average Bonchev–Trinajstić information content (AvgIpc) is 3.31. The zero-order valence-electron chi connectivity index (χ0n) is 14.1. The van der Waals surface area contributed by atoms with E-state index in [1.165, 1.54) is 13.4 Å². The zero-order chi connectivity index (χ0) is 17.3. The maximum absolute atomic E-state index is 12.3. The molecule has 2 aliphatic rings. The van der Waals surface area contributed by atoms with Crippen LogP contribution in [0.4, 0.5) is 16.3 Å². The first-order valence-corrected chi connectivity index (χ1v) is 7.93. The molecule has 9 nitrogen and oxygen atoms in total. The van der Waals surface area contributed by atoms with Crippen LogP contribution in [-0.4, -0.2) is 66.6 Å². The molecule has 1 aliphatic carbocycles. The second-order valence-electron chi connectivity index (χ2n) is 6.25. The smallest absolute Gasteiger partial charge is 0.319 e. The number of hydrogen-bond acceptors (Lipinski definition) is 6. The number of aromatic nitrogens is 2. The number of nitrogens with one attached hydrogen (secondary N) is 2. The quantitative estimate of drug-likeness (QED) is 0.810. The second-order valence-corrected chi connectivity index (χ2v) is 6.25. The van der Waals surface area contributed by atoms with Crippen molar-refractivity contribution in [2.75, 3.05) is 38.0 Å². The van der Waals surface area contributed by atoms with Crippen LogP contribution >= 0.6 is 0 Å². The highest BCUT2D eigenvalue weighted by molar-refractivity contribution is 5.94. The predicted molar refractivity (Wildman–Crippen MR) is 88.2 cm³/mol. The summed E-state index contributed by atoms with van der Waals surface area (Å²) in [7, 11) is 5.11. The lowest BCUT2D eigenvalue weighted by Crippen LogP contribution is -2.40. The number of methoxy groups -OCH3 is 1. The number of rotatable bonds is 5. The zero-order valence-corrected chi connectivity index (χ0v) is 14.1. The molecule has 2 N–H and O–H groups in total. The highest BCUT2D eigenvalue weighted by atomic mass is 16.5. The van der Waals surface area contributed by atoms with E-state index in [9.17, 15) is 9.59 Å². The van der Waals surface area contributed by atoms with Crippen molar-refractivity contribution in [3.8, 4) is 5.88 Å². The fraction of sp³-hybridized carbons (Fsp3) is 0.600. The predicted octanol–water partition coefficient (Wildman–Crippen LogP) is 0.436. The van der Waals surface area contributed by atoms with E-state index in [1.807, 2.05) is 19.0 Å². The summed E-state index contributed by atoms with van der Waals surface area (Å²) in [6.07, 6.45) is 3.85. The highest BCUT2D eigenvalue weighted by Crippen LogP contribution is 2.31. The van der Waals surface area contributed by atoms with Crippen molar-refractivity contribution in [2.24, 2.45) is 0 Å². The lowest BCUT2D eigenvalue weighted by atomic mass is 10.2. The number of anilines is 2. The first-order chi connectivity index (χ1) is 11.5. The molecule has 9 heteroatoms. The molecule has 1 aliphatic heterocycles. The minimum atomic E-state index is -0.401. The van der Waals surface area contributed by atoms with Crippen LogP contribution in [0, 0.1) is 0 Å². The fourth-order valence-electron chi connectivity index (χ4n) is 2.87. The van der Waals surface area contributed by atoms with Gasteiger partial charge in [0.2, 0.25) is 11.8 Å². The summed E-state index contributed by atoms with van der Waals surface area (Å²) < 4.78 is 5.20. The molecule has 3 amide bonds. The molecule has 1 saturated carbocycles. The molecular weight excluding hydrogens is 312 g/mol. The van der Waals surface area contributed by atoms with Gasteiger partial charge in [0.05, 0.1) is 13.2 Å². The lowest BCUT2D eigenvalue weighted by Gasteiger charge is -2.19. The van der Waals surface area contributed by atoms with E-state index in [4.69, 9.17) is 4.74 Å². The van der Waals surface area contributed by atoms with Crippen LogP contribution in [0.3, 0.4) is 0 Å². The summed E-state index contributed by atoms with van der Waals surface area (Å²) in [5.41, 5.74) is 0.394. The van der Waals surface area contributed by atoms with Crippen LogP contribution in [0.5, 0.6) is 5.88 Å². The largest absolute Gasteiger partial charge is 0.479 e. The number of carbonyl (C=O) groups is 2. The van der Waals surface area contributed by atoms with E-state index in [0.29, 0.717) is 30.5 Å². The van der Waals surface area contributed by atoms with Crippen LogP contribution in [0.15, 0.2) is 6.33 Å². The minimum absolute atomic E-state index is 0.109. The summed E-state index contributed by atoms with van der Waals surface area (Å²) >= 11 is 0. The lowest BCUT2D eigenvalue weighted by molar-refractivity contribution is -0.128. The summed E-state index contributed by atoms with van der Waals surface area (Å²) in [6, 6.07) is -0.214. The van der Waals surface area contributed by atoms with Gasteiger partial charge in [0.1, 0.15) is 12.0 Å². The maximum Gasteiger partial charge on any atom is 0.319 e. The molecule has 1 aromatic rings. The van der Waals surface area contributed by atoms with Gasteiger partial charge in [-0.3, -0.25) is 4.79 Å². The van der Waals surface area contributed by atoms with Crippen molar-refractivity contribution in [3.63, 3.8) is 0 Å². The molecule has 0 aromatic carbocycles. The Kier molecular flexibility index (Phi) is 4.41. The number of ether oxygens (including phenoxy) is 1. The fourth-order valence-corrected chi connectivity index (χ4v) is 2.87. The van der Waals surface area contributed by atoms with Crippen LogP contribution in [0.2, 0.25) is 0 Å². The molecule has 1 saturated heterocycles. The summed E-state index contributed by atoms with van der Waals surface area (Å²) in [4.78, 5) is 36.1. The van der Waals surface area contributed by atoms with E-state index in [1.54, 1.807) is 4.90 Å². The Bertz CT molecular complexity index is 646. The SMILES string of the molecule is COc1ncnc(N(C)C)c1NC(=O)NC1CC(=O)N(C2CC2)C1. The normalized spacial score (nSPS) is 20.0. The third kappa shape index (κ3) is 3.34. The van der Waals surface area contributed by atoms with Crippen molar-refractivity contribution >= 4 is 23.4 Å². The first kappa shape index (κ1) is 16.3. The van der Waals surface area contributed by atoms with Crippen LogP contribution < -0.4 is 20.3 Å². The van der Waals surface area contributed by atoms with Crippen LogP contribution in [0.25, 0.3) is 0 Å². The van der Waals surface area contributed by atoms with Gasteiger partial charge in [-0.15, -0.1) is 0 Å². The van der Waals surface area contributed by atoms with Crippen molar-refractivity contribution in [1.29, 1.82) is 0 Å². The average molecular weight is 334 g/mol. The summed E-state index contributed by atoms with van der Waals surface area (Å²) in [5, 5.41) is 5.59. The van der Waals surface area contributed by atoms with Crippen molar-refractivity contribution in [1.82, 2.24) is 20.2 Å². The molecule has 1 unspecified atom stereocenters. The van der Waals surface area contributed by atoms with E-state index >= 15 is 0 Å². The third-order valence-electron chi connectivity index (χ3n) is 4.13. The van der Waals surface area contributed by atoms with Crippen LogP contribution in [-0.2, 0) is 4.79 Å². The molecule has 2 heterocycles. The molecule has 0 radical (unpaired) electrons. The van der Waals surface area contributed by atoms with Gasteiger partial charge >= 0.3 is 6.03 Å². The van der Waals surface area contributed by atoms with Gasteiger partial charge < -0.3 is 25.2 Å². The number of likely N-dealkylation sites (tertiary alicyclic amines) is 1. The Hall–Kier alpha value is -2.58. The molecule has 3 rings (SSSR count). The van der Waals surface area contributed by atoms with Gasteiger partial charge in [-0.05, 0) is 12.8 Å². The molecule has 1 atom stereocenters. The van der Waals surface area contributed by atoms with Gasteiger partial charge in [0, 0.05) is 33.1 Å². The monoisotopic (exact) mass is 334 g/mol. The Morgan fingerprint density at radius 1 is 1.38 bits per heavy atom. The van der Waals surface area contributed by atoms with E-state index in [2.05, 4.69) is 20.6 Å². The van der Waals surface area contributed by atoms with E-state index in [-0.39, 0.29) is 17.8 Å². The standard InChI is InChI=1S/C15H22N6O3/c1-20(2)13-12(14(24-3)17-8-16-13)19-15(23)18-9-6-11(22)21(7-9)10-4-5-10/h8-10H,4-7H2,1-3H3,(H2,18,19,23). The molecule has 0 bridgehead atoms. The Morgan fingerprint density at radius 3 is 2.75 bits per heavy atom. The van der Waals surface area contributed by atoms with Gasteiger partial charge in [-0.1, -0.05) is 0 Å². The van der Waals surface area contributed by atoms with Gasteiger partial charge in [-0.25, -0.2) is 9.78 Å². The highest BCUT2D eigenvalue weighted by Gasteiger charge is 2.39. The van der Waals surface area contributed by atoms with E-state index < -0.39 is 6.03 Å². The van der Waals surface area contributed by atoms with Crippen molar-refractivity contribution in [2.45, 2.75) is 31.3 Å². The first-order valence-electron chi connectivity index (χ1n) is 7.93. The molecule has 24 heavy (non-hydrogen) atoms.